The Labute approximate surface area is 113 Å². The van der Waals surface area contributed by atoms with Gasteiger partial charge in [0.25, 0.3) is 0 Å². The van der Waals surface area contributed by atoms with Gasteiger partial charge >= 0.3 is 0 Å². The summed E-state index contributed by atoms with van der Waals surface area (Å²) < 4.78 is 13.4. The normalized spacial score (nSPS) is 20.2. The SMILES string of the molecule is CCCNC1CCCN(c2cc(F)cc(Cl)c2)C1. The van der Waals surface area contributed by atoms with Gasteiger partial charge in [-0.25, -0.2) is 4.39 Å². The topological polar surface area (TPSA) is 15.3 Å². The third-order valence-electron chi connectivity index (χ3n) is 3.32. The average molecular weight is 271 g/mol. The second-order valence-electron chi connectivity index (χ2n) is 4.87. The Morgan fingerprint density at radius 1 is 1.44 bits per heavy atom. The number of nitrogens with zero attached hydrogens (tertiary/aromatic N) is 1. The van der Waals surface area contributed by atoms with E-state index >= 15 is 0 Å². The van der Waals surface area contributed by atoms with Crippen LogP contribution in [0.1, 0.15) is 26.2 Å². The lowest BCUT2D eigenvalue weighted by Crippen LogP contribution is -2.46. The fourth-order valence-corrected chi connectivity index (χ4v) is 2.66. The minimum atomic E-state index is -0.263. The zero-order valence-corrected chi connectivity index (χ0v) is 11.5. The van der Waals surface area contributed by atoms with Crippen LogP contribution in [0.5, 0.6) is 0 Å². The van der Waals surface area contributed by atoms with Crippen molar-refractivity contribution >= 4 is 17.3 Å². The number of hydrogen-bond donors (Lipinski definition) is 1. The fraction of sp³-hybridized carbons (Fsp3) is 0.571. The molecule has 4 heteroatoms. The lowest BCUT2D eigenvalue weighted by molar-refractivity contribution is 0.423. The van der Waals surface area contributed by atoms with Gasteiger partial charge in [0.15, 0.2) is 0 Å². The van der Waals surface area contributed by atoms with Gasteiger partial charge in [-0.05, 0) is 44.0 Å². The number of benzene rings is 1. The van der Waals surface area contributed by atoms with Gasteiger partial charge in [-0.1, -0.05) is 18.5 Å². The molecule has 0 amide bonds. The van der Waals surface area contributed by atoms with Gasteiger partial charge in [-0.2, -0.15) is 0 Å². The minimum absolute atomic E-state index is 0.263. The summed E-state index contributed by atoms with van der Waals surface area (Å²) in [6, 6.07) is 5.25. The van der Waals surface area contributed by atoms with Gasteiger partial charge in [0, 0.05) is 29.8 Å². The molecular formula is C14H20ClFN2. The molecule has 1 N–H and O–H groups in total. The monoisotopic (exact) mass is 270 g/mol. The first-order chi connectivity index (χ1) is 8.69. The number of anilines is 1. The third-order valence-corrected chi connectivity index (χ3v) is 3.54. The molecule has 0 aromatic heterocycles. The van der Waals surface area contributed by atoms with Crippen LogP contribution in [0, 0.1) is 5.82 Å². The van der Waals surface area contributed by atoms with Crippen molar-refractivity contribution in [3.05, 3.63) is 29.0 Å². The molecule has 1 aromatic rings. The molecule has 1 atom stereocenters. The number of nitrogens with one attached hydrogen (secondary N) is 1. The smallest absolute Gasteiger partial charge is 0.126 e. The molecule has 1 aromatic carbocycles. The first-order valence-electron chi connectivity index (χ1n) is 6.63. The average Bonchev–Trinajstić information content (AvgIpc) is 2.35. The van der Waals surface area contributed by atoms with Gasteiger partial charge in [0.2, 0.25) is 0 Å². The van der Waals surface area contributed by atoms with Crippen molar-refractivity contribution in [2.75, 3.05) is 24.5 Å². The Kier molecular flexibility index (Phi) is 4.84. The summed E-state index contributed by atoms with van der Waals surface area (Å²) >= 11 is 5.91. The van der Waals surface area contributed by atoms with E-state index in [0.29, 0.717) is 11.1 Å². The maximum absolute atomic E-state index is 13.4. The molecule has 0 saturated carbocycles. The molecule has 2 rings (SSSR count). The minimum Gasteiger partial charge on any atom is -0.370 e. The first kappa shape index (κ1) is 13.6. The van der Waals surface area contributed by atoms with Crippen molar-refractivity contribution in [3.8, 4) is 0 Å². The van der Waals surface area contributed by atoms with E-state index in [-0.39, 0.29) is 5.82 Å². The third kappa shape index (κ3) is 3.59. The van der Waals surface area contributed by atoms with Crippen molar-refractivity contribution in [2.45, 2.75) is 32.2 Å². The van der Waals surface area contributed by atoms with Crippen molar-refractivity contribution < 1.29 is 4.39 Å². The Hall–Kier alpha value is -0.800. The van der Waals surface area contributed by atoms with Gasteiger partial charge in [-0.3, -0.25) is 0 Å². The molecule has 1 aliphatic rings. The van der Waals surface area contributed by atoms with Crippen LogP contribution in [0.4, 0.5) is 10.1 Å². The van der Waals surface area contributed by atoms with Crippen LogP contribution >= 0.6 is 11.6 Å². The predicted molar refractivity (Wildman–Crippen MR) is 74.9 cm³/mol. The van der Waals surface area contributed by atoms with Gasteiger partial charge in [0.05, 0.1) is 0 Å². The molecule has 1 heterocycles. The number of hydrogen-bond acceptors (Lipinski definition) is 2. The number of rotatable bonds is 4. The largest absolute Gasteiger partial charge is 0.370 e. The highest BCUT2D eigenvalue weighted by Crippen LogP contribution is 2.24. The van der Waals surface area contributed by atoms with E-state index in [1.165, 1.54) is 12.5 Å². The van der Waals surface area contributed by atoms with Crippen molar-refractivity contribution in [3.63, 3.8) is 0 Å². The molecule has 0 spiro atoms. The molecule has 1 aliphatic heterocycles. The predicted octanol–water partition coefficient (Wildman–Crippen LogP) is 3.45. The molecule has 1 saturated heterocycles. The van der Waals surface area contributed by atoms with Crippen LogP contribution in [0.2, 0.25) is 5.02 Å². The van der Waals surface area contributed by atoms with Crippen molar-refractivity contribution in [1.29, 1.82) is 0 Å². The zero-order chi connectivity index (χ0) is 13.0. The van der Waals surface area contributed by atoms with Gasteiger partial charge in [0.1, 0.15) is 5.82 Å². The second-order valence-corrected chi connectivity index (χ2v) is 5.30. The maximum atomic E-state index is 13.4. The van der Waals surface area contributed by atoms with E-state index in [2.05, 4.69) is 17.1 Å². The van der Waals surface area contributed by atoms with E-state index in [1.54, 1.807) is 6.07 Å². The van der Waals surface area contributed by atoms with Crippen molar-refractivity contribution in [1.82, 2.24) is 5.32 Å². The summed E-state index contributed by atoms with van der Waals surface area (Å²) in [6.45, 7) is 5.12. The lowest BCUT2D eigenvalue weighted by atomic mass is 10.0. The highest BCUT2D eigenvalue weighted by molar-refractivity contribution is 6.30. The van der Waals surface area contributed by atoms with Crippen LogP contribution in [-0.2, 0) is 0 Å². The summed E-state index contributed by atoms with van der Waals surface area (Å²) in [5.74, 6) is -0.263. The summed E-state index contributed by atoms with van der Waals surface area (Å²) in [4.78, 5) is 2.21. The molecule has 1 fully saturated rings. The van der Waals surface area contributed by atoms with E-state index in [4.69, 9.17) is 11.6 Å². The summed E-state index contributed by atoms with van der Waals surface area (Å²) in [5.41, 5.74) is 0.892. The summed E-state index contributed by atoms with van der Waals surface area (Å²) in [5, 5.41) is 4.00. The highest BCUT2D eigenvalue weighted by atomic mass is 35.5. The van der Waals surface area contributed by atoms with Crippen LogP contribution in [0.25, 0.3) is 0 Å². The molecule has 0 aliphatic carbocycles. The number of piperidine rings is 1. The van der Waals surface area contributed by atoms with Crippen molar-refractivity contribution in [2.24, 2.45) is 0 Å². The summed E-state index contributed by atoms with van der Waals surface area (Å²) in [7, 11) is 0. The first-order valence-corrected chi connectivity index (χ1v) is 7.01. The van der Waals surface area contributed by atoms with Crippen LogP contribution in [-0.4, -0.2) is 25.7 Å². The second kappa shape index (κ2) is 6.39. The molecule has 1 unspecified atom stereocenters. The molecule has 2 nitrogen and oxygen atoms in total. The Morgan fingerprint density at radius 2 is 2.28 bits per heavy atom. The lowest BCUT2D eigenvalue weighted by Gasteiger charge is -2.35. The van der Waals surface area contributed by atoms with Gasteiger partial charge in [-0.15, -0.1) is 0 Å². The Bertz CT molecular complexity index is 377. The van der Waals surface area contributed by atoms with E-state index in [9.17, 15) is 4.39 Å². The molecular weight excluding hydrogens is 251 g/mol. The standard InChI is InChI=1S/C14H20ClFN2/c1-2-5-17-13-4-3-6-18(10-13)14-8-11(15)7-12(16)9-14/h7-9,13,17H,2-6,10H2,1H3. The van der Waals surface area contributed by atoms with E-state index in [1.807, 2.05) is 6.07 Å². The van der Waals surface area contributed by atoms with Gasteiger partial charge < -0.3 is 10.2 Å². The van der Waals surface area contributed by atoms with E-state index in [0.717, 1.165) is 38.2 Å². The quantitative estimate of drug-likeness (QED) is 0.902. The van der Waals surface area contributed by atoms with Crippen LogP contribution in [0.3, 0.4) is 0 Å². The number of halogens is 2. The Morgan fingerprint density at radius 3 is 3.00 bits per heavy atom. The Balaban J connectivity index is 2.03. The van der Waals surface area contributed by atoms with Crippen LogP contribution < -0.4 is 10.2 Å². The zero-order valence-electron chi connectivity index (χ0n) is 10.8. The van der Waals surface area contributed by atoms with Crippen LogP contribution in [0.15, 0.2) is 18.2 Å². The molecule has 18 heavy (non-hydrogen) atoms. The van der Waals surface area contributed by atoms with E-state index < -0.39 is 0 Å². The fourth-order valence-electron chi connectivity index (χ4n) is 2.45. The summed E-state index contributed by atoms with van der Waals surface area (Å²) in [6.07, 6.45) is 3.47. The maximum Gasteiger partial charge on any atom is 0.126 e. The molecule has 0 bridgehead atoms. The highest BCUT2D eigenvalue weighted by Gasteiger charge is 2.20. The molecule has 0 radical (unpaired) electrons. The molecule has 100 valence electrons.